The summed E-state index contributed by atoms with van der Waals surface area (Å²) in [6, 6.07) is 1.65. The lowest BCUT2D eigenvalue weighted by Gasteiger charge is -1.96. The third-order valence-electron chi connectivity index (χ3n) is 1.83. The van der Waals surface area contributed by atoms with Crippen LogP contribution in [0.25, 0.3) is 0 Å². The molecule has 0 spiro atoms. The molecule has 0 saturated carbocycles. The molecule has 1 heterocycles. The Kier molecular flexibility index (Phi) is 4.55. The smallest absolute Gasteiger partial charge is 0.190 e. The van der Waals surface area contributed by atoms with Gasteiger partial charge in [-0.1, -0.05) is 13.3 Å². The van der Waals surface area contributed by atoms with Gasteiger partial charge in [-0.15, -0.1) is 0 Å². The number of unbranched alkanes of at least 4 members (excludes halogenated alkanes) is 1. The van der Waals surface area contributed by atoms with E-state index in [0.717, 1.165) is 19.4 Å². The minimum absolute atomic E-state index is 0.0391. The van der Waals surface area contributed by atoms with Gasteiger partial charge in [0.1, 0.15) is 6.26 Å². The van der Waals surface area contributed by atoms with Gasteiger partial charge < -0.3 is 9.73 Å². The second-order valence-corrected chi connectivity index (χ2v) is 3.02. The molecule has 0 saturated heterocycles. The standard InChI is InChI=1S/C11H15NO2/c1-2-3-6-12-7-4-11(13)10-5-8-14-9-10/h4-5,7-9,12H,2-3,6H2,1H3/b7-4-. The highest BCUT2D eigenvalue weighted by Gasteiger charge is 2.00. The molecule has 1 rings (SSSR count). The molecule has 3 heteroatoms. The Labute approximate surface area is 83.8 Å². The molecule has 0 radical (unpaired) electrons. The van der Waals surface area contributed by atoms with Crippen molar-refractivity contribution in [2.75, 3.05) is 6.54 Å². The van der Waals surface area contributed by atoms with Gasteiger partial charge in [0.25, 0.3) is 0 Å². The third-order valence-corrected chi connectivity index (χ3v) is 1.83. The summed E-state index contributed by atoms with van der Waals surface area (Å²) in [5, 5.41) is 3.05. The highest BCUT2D eigenvalue weighted by molar-refractivity contribution is 6.04. The lowest BCUT2D eigenvalue weighted by molar-refractivity contribution is 0.104. The largest absolute Gasteiger partial charge is 0.472 e. The lowest BCUT2D eigenvalue weighted by atomic mass is 10.2. The molecule has 0 fully saturated rings. The van der Waals surface area contributed by atoms with Crippen molar-refractivity contribution >= 4 is 5.78 Å². The van der Waals surface area contributed by atoms with Gasteiger partial charge in [-0.25, -0.2) is 0 Å². The first-order valence-corrected chi connectivity index (χ1v) is 4.81. The second-order valence-electron chi connectivity index (χ2n) is 3.02. The zero-order chi connectivity index (χ0) is 10.2. The van der Waals surface area contributed by atoms with Gasteiger partial charge in [0.2, 0.25) is 0 Å². The van der Waals surface area contributed by atoms with E-state index in [1.165, 1.54) is 18.6 Å². The molecule has 3 nitrogen and oxygen atoms in total. The molecule has 0 unspecified atom stereocenters. The number of hydrogen-bond acceptors (Lipinski definition) is 3. The Morgan fingerprint density at radius 3 is 3.14 bits per heavy atom. The molecule has 1 aromatic heterocycles. The van der Waals surface area contributed by atoms with Crippen molar-refractivity contribution < 1.29 is 9.21 Å². The van der Waals surface area contributed by atoms with Crippen molar-refractivity contribution in [3.05, 3.63) is 36.4 Å². The van der Waals surface area contributed by atoms with Crippen LogP contribution in [0.15, 0.2) is 35.3 Å². The van der Waals surface area contributed by atoms with E-state index in [0.29, 0.717) is 5.56 Å². The predicted octanol–water partition coefficient (Wildman–Crippen LogP) is 2.37. The van der Waals surface area contributed by atoms with Crippen molar-refractivity contribution in [3.63, 3.8) is 0 Å². The van der Waals surface area contributed by atoms with E-state index < -0.39 is 0 Å². The van der Waals surface area contributed by atoms with E-state index in [-0.39, 0.29) is 5.78 Å². The quantitative estimate of drug-likeness (QED) is 0.428. The summed E-state index contributed by atoms with van der Waals surface area (Å²) in [6.45, 7) is 3.04. The summed E-state index contributed by atoms with van der Waals surface area (Å²) >= 11 is 0. The fraction of sp³-hybridized carbons (Fsp3) is 0.364. The summed E-state index contributed by atoms with van der Waals surface area (Å²) in [5.41, 5.74) is 0.582. The average Bonchev–Trinajstić information content (AvgIpc) is 2.70. The zero-order valence-corrected chi connectivity index (χ0v) is 8.32. The molecule has 0 atom stereocenters. The van der Waals surface area contributed by atoms with Crippen LogP contribution in [0.3, 0.4) is 0 Å². The average molecular weight is 193 g/mol. The van der Waals surface area contributed by atoms with E-state index in [1.54, 1.807) is 12.3 Å². The van der Waals surface area contributed by atoms with Gasteiger partial charge in [0, 0.05) is 18.8 Å². The van der Waals surface area contributed by atoms with Gasteiger partial charge >= 0.3 is 0 Å². The number of allylic oxidation sites excluding steroid dienone is 1. The summed E-state index contributed by atoms with van der Waals surface area (Å²) in [4.78, 5) is 11.4. The Bertz CT molecular complexity index is 288. The summed E-state index contributed by atoms with van der Waals surface area (Å²) < 4.78 is 4.81. The Morgan fingerprint density at radius 2 is 2.50 bits per heavy atom. The van der Waals surface area contributed by atoms with E-state index in [2.05, 4.69) is 12.2 Å². The number of furan rings is 1. The van der Waals surface area contributed by atoms with Crippen molar-refractivity contribution in [1.82, 2.24) is 5.32 Å². The minimum Gasteiger partial charge on any atom is -0.472 e. The van der Waals surface area contributed by atoms with Crippen molar-refractivity contribution in [1.29, 1.82) is 0 Å². The zero-order valence-electron chi connectivity index (χ0n) is 8.32. The van der Waals surface area contributed by atoms with Crippen molar-refractivity contribution in [2.24, 2.45) is 0 Å². The third kappa shape index (κ3) is 3.47. The number of carbonyl (C=O) groups excluding carboxylic acids is 1. The molecule has 1 N–H and O–H groups in total. The van der Waals surface area contributed by atoms with Crippen LogP contribution in [0.4, 0.5) is 0 Å². The second kappa shape index (κ2) is 6.02. The first kappa shape index (κ1) is 10.6. The molecule has 0 amide bonds. The first-order valence-electron chi connectivity index (χ1n) is 4.81. The summed E-state index contributed by atoms with van der Waals surface area (Å²) in [5.74, 6) is -0.0391. The van der Waals surface area contributed by atoms with Crippen molar-refractivity contribution in [3.8, 4) is 0 Å². The monoisotopic (exact) mass is 193 g/mol. The molecule has 0 aliphatic rings. The molecule has 0 aliphatic heterocycles. The van der Waals surface area contributed by atoms with Gasteiger partial charge in [-0.05, 0) is 12.5 Å². The van der Waals surface area contributed by atoms with Crippen LogP contribution in [-0.2, 0) is 0 Å². The Hall–Kier alpha value is -1.51. The highest BCUT2D eigenvalue weighted by Crippen LogP contribution is 2.01. The first-order chi connectivity index (χ1) is 6.84. The maximum Gasteiger partial charge on any atom is 0.190 e. The fourth-order valence-corrected chi connectivity index (χ4v) is 0.998. The van der Waals surface area contributed by atoms with Crippen LogP contribution in [-0.4, -0.2) is 12.3 Å². The maximum absolute atomic E-state index is 11.4. The van der Waals surface area contributed by atoms with Crippen LogP contribution in [0.1, 0.15) is 30.1 Å². The maximum atomic E-state index is 11.4. The molecule has 76 valence electrons. The number of carbonyl (C=O) groups is 1. The normalized spacial score (nSPS) is 10.6. The number of nitrogens with one attached hydrogen (secondary N) is 1. The SMILES string of the molecule is CCCCN/C=C\C(=O)c1ccoc1. The van der Waals surface area contributed by atoms with E-state index in [1.807, 2.05) is 0 Å². The Morgan fingerprint density at radius 1 is 1.64 bits per heavy atom. The lowest BCUT2D eigenvalue weighted by Crippen LogP contribution is -2.07. The van der Waals surface area contributed by atoms with Crippen molar-refractivity contribution in [2.45, 2.75) is 19.8 Å². The van der Waals surface area contributed by atoms with E-state index in [9.17, 15) is 4.79 Å². The molecule has 0 bridgehead atoms. The molecule has 1 aromatic rings. The predicted molar refractivity (Wildman–Crippen MR) is 55.1 cm³/mol. The van der Waals surface area contributed by atoms with Gasteiger partial charge in [0.05, 0.1) is 11.8 Å². The molecular formula is C11H15NO2. The Balaban J connectivity index is 2.27. The van der Waals surface area contributed by atoms with Crippen LogP contribution >= 0.6 is 0 Å². The van der Waals surface area contributed by atoms with E-state index >= 15 is 0 Å². The number of rotatable bonds is 6. The molecule has 0 aliphatic carbocycles. The van der Waals surface area contributed by atoms with Crippen LogP contribution in [0, 0.1) is 0 Å². The van der Waals surface area contributed by atoms with E-state index in [4.69, 9.17) is 4.42 Å². The summed E-state index contributed by atoms with van der Waals surface area (Å²) in [7, 11) is 0. The molecular weight excluding hydrogens is 178 g/mol. The highest BCUT2D eigenvalue weighted by atomic mass is 16.3. The summed E-state index contributed by atoms with van der Waals surface area (Å²) in [6.07, 6.45) is 8.40. The number of ketones is 1. The molecule has 14 heavy (non-hydrogen) atoms. The fourth-order valence-electron chi connectivity index (χ4n) is 0.998. The number of hydrogen-bond donors (Lipinski definition) is 1. The molecule has 0 aromatic carbocycles. The van der Waals surface area contributed by atoms with Crippen LogP contribution in [0.2, 0.25) is 0 Å². The van der Waals surface area contributed by atoms with Gasteiger partial charge in [-0.2, -0.15) is 0 Å². The minimum atomic E-state index is -0.0391. The van der Waals surface area contributed by atoms with Gasteiger partial charge in [0.15, 0.2) is 5.78 Å². The van der Waals surface area contributed by atoms with Crippen LogP contribution < -0.4 is 5.32 Å². The van der Waals surface area contributed by atoms with Gasteiger partial charge in [-0.3, -0.25) is 4.79 Å². The topological polar surface area (TPSA) is 42.2 Å². The van der Waals surface area contributed by atoms with Crippen LogP contribution in [0.5, 0.6) is 0 Å².